The van der Waals surface area contributed by atoms with Crippen LogP contribution in [-0.4, -0.2) is 24.4 Å². The average Bonchev–Trinajstić information content (AvgIpc) is 2.36. The van der Waals surface area contributed by atoms with Crippen molar-refractivity contribution in [2.75, 3.05) is 19.3 Å². The van der Waals surface area contributed by atoms with Crippen LogP contribution in [0, 0.1) is 0 Å². The third-order valence-corrected chi connectivity index (χ3v) is 3.26. The van der Waals surface area contributed by atoms with Crippen LogP contribution in [0.15, 0.2) is 24.3 Å². The molecule has 1 aromatic carbocycles. The first-order valence-corrected chi connectivity index (χ1v) is 6.64. The van der Waals surface area contributed by atoms with Crippen LogP contribution in [0.1, 0.15) is 44.6 Å². The molecule has 3 heteroatoms. The molecule has 100 valence electrons. The largest absolute Gasteiger partial charge is 0.399 e. The molecular formula is C15H24N2O. The molecule has 0 aliphatic heterocycles. The number of nitrogen functional groups attached to an aromatic ring is 1. The minimum absolute atomic E-state index is 0.216. The number of carbonyl (C=O) groups is 1. The van der Waals surface area contributed by atoms with Crippen LogP contribution in [-0.2, 0) is 4.79 Å². The van der Waals surface area contributed by atoms with Crippen molar-refractivity contribution in [1.29, 1.82) is 0 Å². The smallest absolute Gasteiger partial charge is 0.222 e. The number of rotatable bonds is 6. The maximum Gasteiger partial charge on any atom is 0.222 e. The Balaban J connectivity index is 2.51. The predicted octanol–water partition coefficient (Wildman–Crippen LogP) is 3.02. The molecular weight excluding hydrogens is 224 g/mol. The highest BCUT2D eigenvalue weighted by Gasteiger charge is 2.14. The van der Waals surface area contributed by atoms with E-state index in [1.807, 2.05) is 36.2 Å². The van der Waals surface area contributed by atoms with Crippen LogP contribution in [0.5, 0.6) is 0 Å². The molecule has 1 unspecified atom stereocenters. The molecule has 18 heavy (non-hydrogen) atoms. The van der Waals surface area contributed by atoms with Crippen molar-refractivity contribution in [2.45, 2.75) is 39.0 Å². The van der Waals surface area contributed by atoms with E-state index in [-0.39, 0.29) is 11.8 Å². The number of nitrogens with two attached hydrogens (primary N) is 1. The molecule has 0 bridgehead atoms. The van der Waals surface area contributed by atoms with Crippen molar-refractivity contribution in [3.63, 3.8) is 0 Å². The van der Waals surface area contributed by atoms with Crippen molar-refractivity contribution in [3.05, 3.63) is 29.8 Å². The lowest BCUT2D eigenvalue weighted by Gasteiger charge is -2.19. The Labute approximate surface area is 110 Å². The van der Waals surface area contributed by atoms with Gasteiger partial charge in [0.2, 0.25) is 5.91 Å². The van der Waals surface area contributed by atoms with Crippen LogP contribution >= 0.6 is 0 Å². The maximum atomic E-state index is 12.0. The van der Waals surface area contributed by atoms with Gasteiger partial charge in [0.1, 0.15) is 0 Å². The summed E-state index contributed by atoms with van der Waals surface area (Å²) in [5, 5.41) is 0. The predicted molar refractivity (Wildman–Crippen MR) is 76.4 cm³/mol. The van der Waals surface area contributed by atoms with E-state index in [0.717, 1.165) is 25.1 Å². The van der Waals surface area contributed by atoms with Crippen LogP contribution in [0.25, 0.3) is 0 Å². The Bertz CT molecular complexity index is 373. The molecule has 1 atom stereocenters. The summed E-state index contributed by atoms with van der Waals surface area (Å²) in [5.41, 5.74) is 7.59. The normalized spacial score (nSPS) is 12.2. The van der Waals surface area contributed by atoms with Gasteiger partial charge >= 0.3 is 0 Å². The fourth-order valence-electron chi connectivity index (χ4n) is 1.88. The zero-order valence-electron chi connectivity index (χ0n) is 11.6. The molecule has 0 fully saturated rings. The van der Waals surface area contributed by atoms with Crippen molar-refractivity contribution in [1.82, 2.24) is 4.90 Å². The van der Waals surface area contributed by atoms with Gasteiger partial charge in [0.05, 0.1) is 0 Å². The van der Waals surface area contributed by atoms with Crippen LogP contribution in [0.3, 0.4) is 0 Å². The average molecular weight is 248 g/mol. The van der Waals surface area contributed by atoms with Gasteiger partial charge in [-0.05, 0) is 30.0 Å². The van der Waals surface area contributed by atoms with Crippen molar-refractivity contribution >= 4 is 11.6 Å². The minimum Gasteiger partial charge on any atom is -0.399 e. The second-order valence-corrected chi connectivity index (χ2v) is 4.94. The standard InChI is InChI=1S/C15H24N2O/c1-4-5-10-17(3)15(18)11-12(2)13-6-8-14(16)9-7-13/h6-9,12H,4-5,10-11,16H2,1-3H3. The third-order valence-electron chi connectivity index (χ3n) is 3.26. The van der Waals surface area contributed by atoms with Gasteiger partial charge in [0.25, 0.3) is 0 Å². The second kappa shape index (κ2) is 7.04. The Morgan fingerprint density at radius 3 is 2.50 bits per heavy atom. The zero-order chi connectivity index (χ0) is 13.5. The summed E-state index contributed by atoms with van der Waals surface area (Å²) in [6.07, 6.45) is 2.74. The lowest BCUT2D eigenvalue weighted by molar-refractivity contribution is -0.130. The Morgan fingerprint density at radius 1 is 1.33 bits per heavy atom. The van der Waals surface area contributed by atoms with Crippen molar-refractivity contribution in [3.8, 4) is 0 Å². The summed E-state index contributed by atoms with van der Waals surface area (Å²) in [5.74, 6) is 0.454. The molecule has 0 radical (unpaired) electrons. The Kier molecular flexibility index (Phi) is 5.69. The molecule has 1 amide bonds. The molecule has 0 saturated heterocycles. The fraction of sp³-hybridized carbons (Fsp3) is 0.533. The highest BCUT2D eigenvalue weighted by Crippen LogP contribution is 2.20. The van der Waals surface area contributed by atoms with Gasteiger partial charge in [-0.15, -0.1) is 0 Å². The van der Waals surface area contributed by atoms with Crippen LogP contribution < -0.4 is 5.73 Å². The van der Waals surface area contributed by atoms with E-state index in [2.05, 4.69) is 13.8 Å². The van der Waals surface area contributed by atoms with Gasteiger partial charge in [0.15, 0.2) is 0 Å². The molecule has 0 spiro atoms. The van der Waals surface area contributed by atoms with E-state index in [1.165, 1.54) is 5.56 Å². The number of hydrogen-bond acceptors (Lipinski definition) is 2. The van der Waals surface area contributed by atoms with E-state index >= 15 is 0 Å². The van der Waals surface area contributed by atoms with Crippen molar-refractivity contribution < 1.29 is 4.79 Å². The van der Waals surface area contributed by atoms with Gasteiger partial charge in [-0.2, -0.15) is 0 Å². The number of unbranched alkanes of at least 4 members (excludes halogenated alkanes) is 1. The Morgan fingerprint density at radius 2 is 1.94 bits per heavy atom. The first-order valence-electron chi connectivity index (χ1n) is 6.64. The molecule has 3 nitrogen and oxygen atoms in total. The van der Waals surface area contributed by atoms with Crippen LogP contribution in [0.4, 0.5) is 5.69 Å². The molecule has 0 heterocycles. The number of anilines is 1. The maximum absolute atomic E-state index is 12.0. The monoisotopic (exact) mass is 248 g/mol. The summed E-state index contributed by atoms with van der Waals surface area (Å²) in [6.45, 7) is 5.07. The summed E-state index contributed by atoms with van der Waals surface area (Å²) >= 11 is 0. The van der Waals surface area contributed by atoms with Gasteiger partial charge in [-0.3, -0.25) is 4.79 Å². The zero-order valence-corrected chi connectivity index (χ0v) is 11.6. The Hall–Kier alpha value is -1.51. The molecule has 2 N–H and O–H groups in total. The van der Waals surface area contributed by atoms with Crippen LogP contribution in [0.2, 0.25) is 0 Å². The number of carbonyl (C=O) groups excluding carboxylic acids is 1. The van der Waals surface area contributed by atoms with E-state index in [4.69, 9.17) is 5.73 Å². The van der Waals surface area contributed by atoms with Gasteiger partial charge in [0, 0.05) is 25.7 Å². The number of hydrogen-bond donors (Lipinski definition) is 1. The molecule has 1 rings (SSSR count). The van der Waals surface area contributed by atoms with Gasteiger partial charge in [-0.25, -0.2) is 0 Å². The summed E-state index contributed by atoms with van der Waals surface area (Å²) in [6, 6.07) is 7.77. The highest BCUT2D eigenvalue weighted by atomic mass is 16.2. The van der Waals surface area contributed by atoms with Gasteiger partial charge < -0.3 is 10.6 Å². The summed E-state index contributed by atoms with van der Waals surface area (Å²) < 4.78 is 0. The fourth-order valence-corrected chi connectivity index (χ4v) is 1.88. The SMILES string of the molecule is CCCCN(C)C(=O)CC(C)c1ccc(N)cc1. The van der Waals surface area contributed by atoms with E-state index in [1.54, 1.807) is 0 Å². The topological polar surface area (TPSA) is 46.3 Å². The van der Waals surface area contributed by atoms with Gasteiger partial charge in [-0.1, -0.05) is 32.4 Å². The molecule has 0 saturated carbocycles. The molecule has 0 aromatic heterocycles. The molecule has 0 aliphatic carbocycles. The van der Waals surface area contributed by atoms with E-state index < -0.39 is 0 Å². The molecule has 0 aliphatic rings. The molecule has 1 aromatic rings. The third kappa shape index (κ3) is 4.40. The summed E-state index contributed by atoms with van der Waals surface area (Å²) in [7, 11) is 1.88. The van der Waals surface area contributed by atoms with E-state index in [9.17, 15) is 4.79 Å². The first kappa shape index (κ1) is 14.6. The number of amides is 1. The highest BCUT2D eigenvalue weighted by molar-refractivity contribution is 5.76. The van der Waals surface area contributed by atoms with E-state index in [0.29, 0.717) is 6.42 Å². The summed E-state index contributed by atoms with van der Waals surface area (Å²) in [4.78, 5) is 13.8. The lowest BCUT2D eigenvalue weighted by atomic mass is 9.97. The first-order chi connectivity index (χ1) is 8.54. The number of nitrogens with zero attached hydrogens (tertiary/aromatic N) is 1. The quantitative estimate of drug-likeness (QED) is 0.787. The lowest BCUT2D eigenvalue weighted by Crippen LogP contribution is -2.28. The second-order valence-electron chi connectivity index (χ2n) is 4.94. The minimum atomic E-state index is 0.216. The number of benzene rings is 1. The van der Waals surface area contributed by atoms with Crippen molar-refractivity contribution in [2.24, 2.45) is 0 Å².